The quantitative estimate of drug-likeness (QED) is 0.671. The maximum atomic E-state index is 11.5. The molecule has 2 aliphatic rings. The fraction of sp³-hybridized carbons (Fsp3) is 0.938. The Hall–Kier alpha value is -0.650. The normalized spacial score (nSPS) is 26.2. The summed E-state index contributed by atoms with van der Waals surface area (Å²) in [5.74, 6) is 0.0601. The van der Waals surface area contributed by atoms with Gasteiger partial charge in [-0.2, -0.15) is 0 Å². The van der Waals surface area contributed by atoms with Crippen molar-refractivity contribution in [1.29, 1.82) is 0 Å². The van der Waals surface area contributed by atoms with Gasteiger partial charge in [0.15, 0.2) is 0 Å². The van der Waals surface area contributed by atoms with Gasteiger partial charge in [0, 0.05) is 19.1 Å². The van der Waals surface area contributed by atoms with Crippen LogP contribution in [0.2, 0.25) is 0 Å². The lowest BCUT2D eigenvalue weighted by molar-refractivity contribution is -0.144. The van der Waals surface area contributed by atoms with Crippen LogP contribution >= 0.6 is 0 Å². The van der Waals surface area contributed by atoms with Crippen molar-refractivity contribution >= 4 is 5.97 Å². The Labute approximate surface area is 128 Å². The van der Waals surface area contributed by atoms with Gasteiger partial charge in [-0.15, -0.1) is 0 Å². The first-order valence-corrected chi connectivity index (χ1v) is 8.27. The van der Waals surface area contributed by atoms with Gasteiger partial charge >= 0.3 is 5.97 Å². The molecule has 2 atom stereocenters. The zero-order valence-corrected chi connectivity index (χ0v) is 13.8. The van der Waals surface area contributed by atoms with Gasteiger partial charge in [0.25, 0.3) is 0 Å². The minimum Gasteiger partial charge on any atom is -0.480 e. The first kappa shape index (κ1) is 16.7. The van der Waals surface area contributed by atoms with Crippen molar-refractivity contribution in [3.63, 3.8) is 0 Å². The molecule has 0 aromatic carbocycles. The smallest absolute Gasteiger partial charge is 0.323 e. The van der Waals surface area contributed by atoms with Crippen molar-refractivity contribution in [2.45, 2.75) is 50.6 Å². The number of carboxylic acids is 1. The third-order valence-electron chi connectivity index (χ3n) is 4.85. The van der Waals surface area contributed by atoms with Crippen LogP contribution in [0.5, 0.6) is 0 Å². The lowest BCUT2D eigenvalue weighted by Gasteiger charge is -2.28. The molecule has 2 rings (SSSR count). The van der Waals surface area contributed by atoms with Gasteiger partial charge in [0.2, 0.25) is 0 Å². The average Bonchev–Trinajstić information content (AvgIpc) is 3.10. The largest absolute Gasteiger partial charge is 0.480 e. The third-order valence-corrected chi connectivity index (χ3v) is 4.85. The van der Waals surface area contributed by atoms with Crippen molar-refractivity contribution in [2.24, 2.45) is 5.92 Å². The number of hydrogen-bond donors (Lipinski definition) is 2. The molecule has 5 nitrogen and oxygen atoms in total. The second kappa shape index (κ2) is 7.07. The van der Waals surface area contributed by atoms with E-state index in [9.17, 15) is 9.90 Å². The molecule has 0 aromatic heterocycles. The van der Waals surface area contributed by atoms with E-state index in [-0.39, 0.29) is 0 Å². The number of aliphatic carboxylic acids is 1. The Kier molecular flexibility index (Phi) is 5.63. The van der Waals surface area contributed by atoms with Crippen molar-refractivity contribution in [1.82, 2.24) is 15.1 Å². The molecule has 0 spiro atoms. The lowest BCUT2D eigenvalue weighted by atomic mass is 9.95. The second-order valence-corrected chi connectivity index (χ2v) is 7.34. The van der Waals surface area contributed by atoms with E-state index >= 15 is 0 Å². The summed E-state index contributed by atoms with van der Waals surface area (Å²) in [6, 6.07) is 0.429. The van der Waals surface area contributed by atoms with Crippen LogP contribution < -0.4 is 5.32 Å². The lowest BCUT2D eigenvalue weighted by Crippen LogP contribution is -2.50. The van der Waals surface area contributed by atoms with E-state index in [4.69, 9.17) is 0 Å². The minimum atomic E-state index is -0.754. The van der Waals surface area contributed by atoms with Gasteiger partial charge in [-0.25, -0.2) is 0 Å². The standard InChI is InChI=1S/C16H31N3O2/c1-16(15(20)21,17-14-5-6-14)8-4-9-18(2)11-13-7-10-19(3)12-13/h13-14,17H,4-12H2,1-3H3,(H,20,21). The summed E-state index contributed by atoms with van der Waals surface area (Å²) in [6.45, 7) is 6.35. The Morgan fingerprint density at radius 1 is 1.43 bits per heavy atom. The van der Waals surface area contributed by atoms with Crippen molar-refractivity contribution in [3.8, 4) is 0 Å². The van der Waals surface area contributed by atoms with E-state index in [1.54, 1.807) is 0 Å². The molecule has 0 bridgehead atoms. The van der Waals surface area contributed by atoms with Gasteiger partial charge < -0.3 is 14.9 Å². The molecule has 2 fully saturated rings. The summed E-state index contributed by atoms with van der Waals surface area (Å²) >= 11 is 0. The monoisotopic (exact) mass is 297 g/mol. The van der Waals surface area contributed by atoms with Crippen LogP contribution in [0, 0.1) is 5.92 Å². The molecule has 122 valence electrons. The second-order valence-electron chi connectivity index (χ2n) is 7.34. The van der Waals surface area contributed by atoms with Gasteiger partial charge in [-0.05, 0) is 72.1 Å². The van der Waals surface area contributed by atoms with Crippen molar-refractivity contribution in [3.05, 3.63) is 0 Å². The summed E-state index contributed by atoms with van der Waals surface area (Å²) in [4.78, 5) is 16.2. The van der Waals surface area contributed by atoms with Crippen molar-refractivity contribution in [2.75, 3.05) is 40.3 Å². The highest BCUT2D eigenvalue weighted by molar-refractivity contribution is 5.78. The maximum Gasteiger partial charge on any atom is 0.323 e. The van der Waals surface area contributed by atoms with Gasteiger partial charge in [0.1, 0.15) is 5.54 Å². The molecule has 1 saturated heterocycles. The molecule has 5 heteroatoms. The van der Waals surface area contributed by atoms with E-state index in [0.29, 0.717) is 12.5 Å². The minimum absolute atomic E-state index is 0.429. The highest BCUT2D eigenvalue weighted by Gasteiger charge is 2.37. The van der Waals surface area contributed by atoms with Crippen LogP contribution in [0.4, 0.5) is 0 Å². The summed E-state index contributed by atoms with van der Waals surface area (Å²) < 4.78 is 0. The molecule has 0 radical (unpaired) electrons. The Morgan fingerprint density at radius 2 is 2.14 bits per heavy atom. The molecule has 0 amide bonds. The fourth-order valence-electron chi connectivity index (χ4n) is 3.33. The molecule has 1 saturated carbocycles. The molecule has 21 heavy (non-hydrogen) atoms. The highest BCUT2D eigenvalue weighted by atomic mass is 16.4. The molecular weight excluding hydrogens is 266 g/mol. The summed E-state index contributed by atoms with van der Waals surface area (Å²) in [6.07, 6.45) is 5.17. The molecule has 0 aromatic rings. The zero-order chi connectivity index (χ0) is 15.5. The Bertz CT molecular complexity index is 359. The average molecular weight is 297 g/mol. The molecule has 1 heterocycles. The van der Waals surface area contributed by atoms with E-state index < -0.39 is 11.5 Å². The van der Waals surface area contributed by atoms with Crippen LogP contribution in [0.25, 0.3) is 0 Å². The predicted octanol–water partition coefficient (Wildman–Crippen LogP) is 1.25. The molecule has 2 N–H and O–H groups in total. The summed E-state index contributed by atoms with van der Waals surface area (Å²) in [5, 5.41) is 12.7. The van der Waals surface area contributed by atoms with Gasteiger partial charge in [0.05, 0.1) is 0 Å². The van der Waals surface area contributed by atoms with Crippen LogP contribution in [0.15, 0.2) is 0 Å². The predicted molar refractivity (Wildman–Crippen MR) is 84.5 cm³/mol. The summed E-state index contributed by atoms with van der Waals surface area (Å²) in [5.41, 5.74) is -0.754. The van der Waals surface area contributed by atoms with E-state index in [2.05, 4.69) is 29.2 Å². The van der Waals surface area contributed by atoms with Gasteiger partial charge in [-0.3, -0.25) is 10.1 Å². The molecule has 2 unspecified atom stereocenters. The van der Waals surface area contributed by atoms with E-state index in [0.717, 1.165) is 38.3 Å². The van der Waals surface area contributed by atoms with Gasteiger partial charge in [-0.1, -0.05) is 0 Å². The number of nitrogens with zero attached hydrogens (tertiary/aromatic N) is 2. The summed E-state index contributed by atoms with van der Waals surface area (Å²) in [7, 11) is 4.34. The van der Waals surface area contributed by atoms with Crippen LogP contribution in [0.1, 0.15) is 39.0 Å². The zero-order valence-electron chi connectivity index (χ0n) is 13.8. The Balaban J connectivity index is 1.67. The molecule has 1 aliphatic carbocycles. The van der Waals surface area contributed by atoms with Crippen molar-refractivity contribution < 1.29 is 9.90 Å². The van der Waals surface area contributed by atoms with Crippen LogP contribution in [-0.4, -0.2) is 72.7 Å². The topological polar surface area (TPSA) is 55.8 Å². The number of rotatable bonds is 9. The molecular formula is C16H31N3O2. The molecule has 1 aliphatic heterocycles. The van der Waals surface area contributed by atoms with E-state index in [1.165, 1.54) is 19.5 Å². The third kappa shape index (κ3) is 5.24. The maximum absolute atomic E-state index is 11.5. The van der Waals surface area contributed by atoms with E-state index in [1.807, 2.05) is 6.92 Å². The first-order valence-electron chi connectivity index (χ1n) is 8.27. The number of hydrogen-bond acceptors (Lipinski definition) is 4. The number of nitrogens with one attached hydrogen (secondary N) is 1. The van der Waals surface area contributed by atoms with Crippen LogP contribution in [-0.2, 0) is 4.79 Å². The highest BCUT2D eigenvalue weighted by Crippen LogP contribution is 2.25. The SMILES string of the molecule is CN(CCCC(C)(NC1CC1)C(=O)O)CC1CCN(C)C1. The fourth-order valence-corrected chi connectivity index (χ4v) is 3.33. The first-order chi connectivity index (χ1) is 9.89. The van der Waals surface area contributed by atoms with Crippen LogP contribution in [0.3, 0.4) is 0 Å². The Morgan fingerprint density at radius 3 is 2.67 bits per heavy atom. The number of carbonyl (C=O) groups is 1. The number of likely N-dealkylation sites (tertiary alicyclic amines) is 1. The number of carboxylic acid groups (broad SMARTS) is 1.